The molecule has 0 N–H and O–H groups in total. The molecule has 0 aliphatic carbocycles. The van der Waals surface area contributed by atoms with Gasteiger partial charge in [0, 0.05) is 45.3 Å². The van der Waals surface area contributed by atoms with Crippen LogP contribution in [0.5, 0.6) is 5.75 Å². The lowest BCUT2D eigenvalue weighted by Gasteiger charge is -2.28. The minimum Gasteiger partial charge on any atom is -0.491 e. The summed E-state index contributed by atoms with van der Waals surface area (Å²) in [6, 6.07) is 64.5. The number of nitrogens with zero attached hydrogens (tertiary/aromatic N) is 4. The van der Waals surface area contributed by atoms with Gasteiger partial charge in [0.2, 0.25) is 11.8 Å². The number of anilines is 6. The van der Waals surface area contributed by atoms with Crippen LogP contribution in [0.2, 0.25) is 0 Å². The van der Waals surface area contributed by atoms with Crippen molar-refractivity contribution in [3.63, 3.8) is 0 Å². The summed E-state index contributed by atoms with van der Waals surface area (Å²) < 4.78 is 12.0. The second-order valence-electron chi connectivity index (χ2n) is 12.9. The Kier molecular flexibility index (Phi) is 9.49. The van der Waals surface area contributed by atoms with E-state index in [1.165, 1.54) is 0 Å². The molecule has 258 valence electrons. The van der Waals surface area contributed by atoms with Crippen molar-refractivity contribution in [3.8, 4) is 39.8 Å². The molecule has 53 heavy (non-hydrogen) atoms. The molecule has 0 bridgehead atoms. The Labute approximate surface area is 310 Å². The highest BCUT2D eigenvalue weighted by atomic mass is 16.5. The third-order valence-electron chi connectivity index (χ3n) is 8.90. The van der Waals surface area contributed by atoms with Crippen LogP contribution in [0, 0.1) is 0 Å². The first-order valence-corrected chi connectivity index (χ1v) is 17.8. The van der Waals surface area contributed by atoms with E-state index < -0.39 is 0 Å². The van der Waals surface area contributed by atoms with Gasteiger partial charge in [-0.05, 0) is 134 Å². The van der Waals surface area contributed by atoms with Crippen LogP contribution < -0.4 is 14.5 Å². The van der Waals surface area contributed by atoms with E-state index >= 15 is 0 Å². The van der Waals surface area contributed by atoms with E-state index in [0.29, 0.717) is 11.8 Å². The molecule has 0 saturated carbocycles. The van der Waals surface area contributed by atoms with Gasteiger partial charge in [0.05, 0.1) is 6.10 Å². The van der Waals surface area contributed by atoms with Crippen LogP contribution in [0.25, 0.3) is 34.0 Å². The minimum absolute atomic E-state index is 0.142. The molecule has 0 spiro atoms. The van der Waals surface area contributed by atoms with Gasteiger partial charge in [0.1, 0.15) is 5.75 Å². The van der Waals surface area contributed by atoms with Crippen molar-refractivity contribution in [2.24, 2.45) is 0 Å². The third kappa shape index (κ3) is 7.43. The first-order chi connectivity index (χ1) is 26.1. The number of hydrogen-bond donors (Lipinski definition) is 0. The molecular formula is C47H38N4O2. The number of para-hydroxylation sites is 3. The zero-order valence-electron chi connectivity index (χ0n) is 29.6. The summed E-state index contributed by atoms with van der Waals surface area (Å²) in [4.78, 5) is 4.51. The van der Waals surface area contributed by atoms with E-state index in [1.807, 2.05) is 68.4 Å². The molecule has 0 radical (unpaired) electrons. The maximum atomic E-state index is 6.18. The third-order valence-corrected chi connectivity index (χ3v) is 8.90. The Morgan fingerprint density at radius 3 is 1.06 bits per heavy atom. The average molecular weight is 691 g/mol. The summed E-state index contributed by atoms with van der Waals surface area (Å²) in [5.41, 5.74) is 10.3. The van der Waals surface area contributed by atoms with E-state index in [0.717, 1.165) is 62.1 Å². The van der Waals surface area contributed by atoms with Crippen molar-refractivity contribution in [1.82, 2.24) is 10.2 Å². The largest absolute Gasteiger partial charge is 0.491 e. The molecule has 0 unspecified atom stereocenters. The van der Waals surface area contributed by atoms with Gasteiger partial charge in [0.15, 0.2) is 0 Å². The van der Waals surface area contributed by atoms with Gasteiger partial charge in [-0.1, -0.05) is 78.9 Å². The first kappa shape index (κ1) is 33.2. The molecule has 6 nitrogen and oxygen atoms in total. The van der Waals surface area contributed by atoms with Crippen LogP contribution in [0.4, 0.5) is 34.1 Å². The molecule has 0 aliphatic heterocycles. The number of hydrogen-bond acceptors (Lipinski definition) is 6. The highest BCUT2D eigenvalue weighted by Crippen LogP contribution is 2.39. The van der Waals surface area contributed by atoms with Gasteiger partial charge >= 0.3 is 0 Å². The van der Waals surface area contributed by atoms with Crippen LogP contribution in [-0.2, 0) is 0 Å². The van der Waals surface area contributed by atoms with Crippen molar-refractivity contribution in [1.29, 1.82) is 0 Å². The normalized spacial score (nSPS) is 11.0. The number of benzene rings is 7. The van der Waals surface area contributed by atoms with Gasteiger partial charge in [-0.3, -0.25) is 0 Å². The number of aromatic nitrogens is 2. The van der Waals surface area contributed by atoms with Gasteiger partial charge in [-0.15, -0.1) is 10.2 Å². The quantitative estimate of drug-likeness (QED) is 0.135. The van der Waals surface area contributed by atoms with E-state index in [4.69, 9.17) is 9.15 Å². The molecular weight excluding hydrogens is 653 g/mol. The Balaban J connectivity index is 1.03. The summed E-state index contributed by atoms with van der Waals surface area (Å²) >= 11 is 0. The van der Waals surface area contributed by atoms with Gasteiger partial charge in [-0.25, -0.2) is 0 Å². The molecule has 1 heterocycles. The van der Waals surface area contributed by atoms with Crippen molar-refractivity contribution in [3.05, 3.63) is 188 Å². The van der Waals surface area contributed by atoms with Crippen LogP contribution >= 0.6 is 0 Å². The summed E-state index contributed by atoms with van der Waals surface area (Å²) in [5.74, 6) is 1.81. The average Bonchev–Trinajstić information content (AvgIpc) is 3.71. The molecule has 8 rings (SSSR count). The van der Waals surface area contributed by atoms with Crippen LogP contribution in [0.15, 0.2) is 192 Å². The lowest BCUT2D eigenvalue weighted by atomic mass is 10.0. The number of ether oxygens (including phenoxy) is 1. The van der Waals surface area contributed by atoms with Crippen LogP contribution in [0.1, 0.15) is 13.8 Å². The lowest BCUT2D eigenvalue weighted by Crippen LogP contribution is -2.12. The lowest BCUT2D eigenvalue weighted by molar-refractivity contribution is 0.242. The number of rotatable bonds is 11. The highest BCUT2D eigenvalue weighted by molar-refractivity contribution is 5.81. The summed E-state index contributed by atoms with van der Waals surface area (Å²) in [6.45, 7) is 4.05. The first-order valence-electron chi connectivity index (χ1n) is 17.8. The monoisotopic (exact) mass is 690 g/mol. The Hall–Kier alpha value is -6.92. The summed E-state index contributed by atoms with van der Waals surface area (Å²) in [5, 5.41) is 8.77. The Morgan fingerprint density at radius 1 is 0.377 bits per heavy atom. The fourth-order valence-corrected chi connectivity index (χ4v) is 6.39. The molecule has 6 heteroatoms. The molecule has 1 aromatic heterocycles. The Bertz CT molecular complexity index is 2320. The molecule has 7 aromatic carbocycles. The molecule has 0 saturated heterocycles. The van der Waals surface area contributed by atoms with Gasteiger partial charge < -0.3 is 19.0 Å². The topological polar surface area (TPSA) is 54.6 Å². The maximum Gasteiger partial charge on any atom is 0.248 e. The van der Waals surface area contributed by atoms with E-state index in [-0.39, 0.29) is 6.10 Å². The highest BCUT2D eigenvalue weighted by Gasteiger charge is 2.17. The minimum atomic E-state index is 0.142. The zero-order valence-corrected chi connectivity index (χ0v) is 29.6. The molecule has 0 fully saturated rings. The molecule has 0 atom stereocenters. The molecule has 0 amide bonds. The van der Waals surface area contributed by atoms with Crippen LogP contribution in [0.3, 0.4) is 0 Å². The molecule has 0 aliphatic rings. The molecule has 8 aromatic rings. The van der Waals surface area contributed by atoms with E-state index in [2.05, 4.69) is 153 Å². The standard InChI is InChI=1S/C47H38N4O2/c1-34(2)52-45-32-24-36(25-33-45)35-18-20-37(21-19-35)46-48-49-47(53-46)38-22-26-42(27-23-38)51(41-16-10-5-11-17-41)44-30-28-43(29-31-44)50(39-12-6-3-7-13-39)40-14-8-4-9-15-40/h3-34H,1-2H3. The maximum absolute atomic E-state index is 6.18. The SMILES string of the molecule is CC(C)Oc1ccc(-c2ccc(-c3nnc(-c4ccc(N(c5ccccc5)c5ccc(N(c6ccccc6)c6ccccc6)cc5)cc4)o3)cc2)cc1. The van der Waals surface area contributed by atoms with Gasteiger partial charge in [-0.2, -0.15) is 0 Å². The predicted octanol–water partition coefficient (Wildman–Crippen LogP) is 12.8. The van der Waals surface area contributed by atoms with Crippen molar-refractivity contribution >= 4 is 34.1 Å². The second kappa shape index (κ2) is 15.1. The van der Waals surface area contributed by atoms with Crippen molar-refractivity contribution < 1.29 is 9.15 Å². The summed E-state index contributed by atoms with van der Waals surface area (Å²) in [6.07, 6.45) is 0.142. The van der Waals surface area contributed by atoms with Crippen molar-refractivity contribution in [2.75, 3.05) is 9.80 Å². The summed E-state index contributed by atoms with van der Waals surface area (Å²) in [7, 11) is 0. The van der Waals surface area contributed by atoms with E-state index in [9.17, 15) is 0 Å². The predicted molar refractivity (Wildman–Crippen MR) is 216 cm³/mol. The van der Waals surface area contributed by atoms with E-state index in [1.54, 1.807) is 0 Å². The van der Waals surface area contributed by atoms with Gasteiger partial charge in [0.25, 0.3) is 0 Å². The Morgan fingerprint density at radius 2 is 0.679 bits per heavy atom. The fourth-order valence-electron chi connectivity index (χ4n) is 6.39. The fraction of sp³-hybridized carbons (Fsp3) is 0.0638. The smallest absolute Gasteiger partial charge is 0.248 e. The van der Waals surface area contributed by atoms with Crippen molar-refractivity contribution in [2.45, 2.75) is 20.0 Å². The zero-order chi connectivity index (χ0) is 36.0. The van der Waals surface area contributed by atoms with Crippen LogP contribution in [-0.4, -0.2) is 16.3 Å². The second-order valence-corrected chi connectivity index (χ2v) is 12.9.